The van der Waals surface area contributed by atoms with Crippen molar-refractivity contribution in [1.29, 1.82) is 0 Å². The van der Waals surface area contributed by atoms with Crippen LogP contribution >= 0.6 is 11.6 Å². The second-order valence-corrected chi connectivity index (χ2v) is 4.67. The maximum absolute atomic E-state index is 11.7. The van der Waals surface area contributed by atoms with E-state index in [2.05, 4.69) is 16.0 Å². The molecule has 19 heavy (non-hydrogen) atoms. The summed E-state index contributed by atoms with van der Waals surface area (Å²) in [7, 11) is 1.46. The minimum Gasteiger partial charge on any atom is -0.341 e. The molecular weight excluding hydrogens is 266 g/mol. The van der Waals surface area contributed by atoms with Gasteiger partial charge in [0.2, 0.25) is 5.91 Å². The summed E-state index contributed by atoms with van der Waals surface area (Å²) in [6.07, 6.45) is 0. The second kappa shape index (κ2) is 7.11. The van der Waals surface area contributed by atoms with Crippen molar-refractivity contribution in [2.24, 2.45) is 0 Å². The van der Waals surface area contributed by atoms with Gasteiger partial charge in [0.05, 0.1) is 6.04 Å². The van der Waals surface area contributed by atoms with Gasteiger partial charge in [-0.2, -0.15) is 0 Å². The number of benzene rings is 1. The van der Waals surface area contributed by atoms with Crippen molar-refractivity contribution in [1.82, 2.24) is 16.0 Å². The van der Waals surface area contributed by atoms with Crippen molar-refractivity contribution in [3.63, 3.8) is 0 Å². The molecule has 0 aromatic heterocycles. The second-order valence-electron chi connectivity index (χ2n) is 4.23. The van der Waals surface area contributed by atoms with Gasteiger partial charge in [0.15, 0.2) is 0 Å². The SMILES string of the molecule is CNC(=O)NC(=O)[C@H](C)N[C@@H](C)c1ccc(Cl)cc1. The first-order valence-electron chi connectivity index (χ1n) is 5.98. The van der Waals surface area contributed by atoms with Gasteiger partial charge in [0.25, 0.3) is 0 Å². The zero-order valence-electron chi connectivity index (χ0n) is 11.2. The zero-order valence-corrected chi connectivity index (χ0v) is 11.9. The number of rotatable bonds is 4. The monoisotopic (exact) mass is 283 g/mol. The van der Waals surface area contributed by atoms with Gasteiger partial charge in [-0.25, -0.2) is 4.79 Å². The highest BCUT2D eigenvalue weighted by Gasteiger charge is 2.17. The smallest absolute Gasteiger partial charge is 0.321 e. The minimum atomic E-state index is -0.516. The van der Waals surface area contributed by atoms with Crippen LogP contribution in [0.1, 0.15) is 25.5 Å². The number of carbonyl (C=O) groups excluding carboxylic acids is 2. The standard InChI is InChI=1S/C13H18ClN3O2/c1-8(10-4-6-11(14)7-5-10)16-9(2)12(18)17-13(19)15-3/h4-9,16H,1-3H3,(H2,15,17,18,19)/t8-,9-/m0/s1. The van der Waals surface area contributed by atoms with Crippen molar-refractivity contribution in [3.8, 4) is 0 Å². The fourth-order valence-electron chi connectivity index (χ4n) is 1.58. The Kier molecular flexibility index (Phi) is 5.79. The molecule has 0 bridgehead atoms. The van der Waals surface area contributed by atoms with Gasteiger partial charge in [0.1, 0.15) is 0 Å². The molecule has 1 aromatic rings. The van der Waals surface area contributed by atoms with E-state index in [0.29, 0.717) is 5.02 Å². The highest BCUT2D eigenvalue weighted by atomic mass is 35.5. The van der Waals surface area contributed by atoms with E-state index in [4.69, 9.17) is 11.6 Å². The van der Waals surface area contributed by atoms with Gasteiger partial charge in [-0.15, -0.1) is 0 Å². The van der Waals surface area contributed by atoms with E-state index in [9.17, 15) is 9.59 Å². The number of amides is 3. The molecule has 0 aliphatic carbocycles. The molecule has 3 amide bonds. The summed E-state index contributed by atoms with van der Waals surface area (Å²) in [5.74, 6) is -0.375. The Bertz CT molecular complexity index is 448. The normalized spacial score (nSPS) is 13.5. The summed E-state index contributed by atoms with van der Waals surface area (Å²) in [6.45, 7) is 3.64. The molecule has 0 aliphatic rings. The molecule has 3 N–H and O–H groups in total. The third kappa shape index (κ3) is 4.89. The maximum atomic E-state index is 11.7. The van der Waals surface area contributed by atoms with E-state index < -0.39 is 12.1 Å². The molecule has 0 fully saturated rings. The summed E-state index contributed by atoms with van der Waals surface area (Å²) >= 11 is 5.82. The fourth-order valence-corrected chi connectivity index (χ4v) is 1.71. The maximum Gasteiger partial charge on any atom is 0.321 e. The van der Waals surface area contributed by atoms with Gasteiger partial charge < -0.3 is 5.32 Å². The Hall–Kier alpha value is -1.59. The summed E-state index contributed by atoms with van der Waals surface area (Å²) in [4.78, 5) is 22.7. The summed E-state index contributed by atoms with van der Waals surface area (Å²) in [6, 6.07) is 6.35. The first kappa shape index (κ1) is 15.5. The van der Waals surface area contributed by atoms with E-state index in [1.54, 1.807) is 19.1 Å². The Morgan fingerprint density at radius 3 is 2.26 bits per heavy atom. The van der Waals surface area contributed by atoms with Gasteiger partial charge in [-0.05, 0) is 31.5 Å². The zero-order chi connectivity index (χ0) is 14.4. The predicted octanol–water partition coefficient (Wildman–Crippen LogP) is 1.83. The average molecular weight is 284 g/mol. The highest BCUT2D eigenvalue weighted by molar-refractivity contribution is 6.30. The quantitative estimate of drug-likeness (QED) is 0.790. The van der Waals surface area contributed by atoms with Crippen molar-refractivity contribution in [2.45, 2.75) is 25.9 Å². The molecule has 0 heterocycles. The first-order valence-corrected chi connectivity index (χ1v) is 6.36. The molecule has 0 aliphatic heterocycles. The molecule has 2 atom stereocenters. The molecule has 5 nitrogen and oxygen atoms in total. The molecule has 104 valence electrons. The van der Waals surface area contributed by atoms with Crippen LogP contribution in [0.2, 0.25) is 5.02 Å². The Labute approximate surface area is 117 Å². The lowest BCUT2D eigenvalue weighted by molar-refractivity contribution is -0.121. The van der Waals surface area contributed by atoms with Crippen LogP contribution in [0.5, 0.6) is 0 Å². The van der Waals surface area contributed by atoms with Crippen LogP contribution in [0, 0.1) is 0 Å². The number of carbonyl (C=O) groups is 2. The number of imide groups is 1. The van der Waals surface area contributed by atoms with Crippen LogP contribution in [-0.2, 0) is 4.79 Å². The number of urea groups is 1. The van der Waals surface area contributed by atoms with Crippen molar-refractivity contribution < 1.29 is 9.59 Å². The largest absolute Gasteiger partial charge is 0.341 e. The average Bonchev–Trinajstić information content (AvgIpc) is 2.38. The topological polar surface area (TPSA) is 70.2 Å². The van der Waals surface area contributed by atoms with Crippen LogP contribution in [0.15, 0.2) is 24.3 Å². The molecule has 0 saturated heterocycles. The highest BCUT2D eigenvalue weighted by Crippen LogP contribution is 2.16. The minimum absolute atomic E-state index is 0.0253. The fraction of sp³-hybridized carbons (Fsp3) is 0.385. The Morgan fingerprint density at radius 1 is 1.16 bits per heavy atom. The van der Waals surface area contributed by atoms with E-state index in [-0.39, 0.29) is 11.9 Å². The predicted molar refractivity (Wildman–Crippen MR) is 75.1 cm³/mol. The van der Waals surface area contributed by atoms with Crippen LogP contribution in [0.4, 0.5) is 4.79 Å². The van der Waals surface area contributed by atoms with Gasteiger partial charge in [-0.1, -0.05) is 23.7 Å². The van der Waals surface area contributed by atoms with Crippen LogP contribution in [0.25, 0.3) is 0 Å². The lowest BCUT2D eigenvalue weighted by Crippen LogP contribution is -2.47. The third-order valence-corrected chi connectivity index (χ3v) is 2.98. The third-order valence-electron chi connectivity index (χ3n) is 2.73. The van der Waals surface area contributed by atoms with E-state index in [1.165, 1.54) is 7.05 Å². The molecule has 6 heteroatoms. The lowest BCUT2D eigenvalue weighted by Gasteiger charge is -2.19. The van der Waals surface area contributed by atoms with Crippen molar-refractivity contribution in [2.75, 3.05) is 7.05 Å². The summed E-state index contributed by atoms with van der Waals surface area (Å²) in [5.41, 5.74) is 1.02. The molecule has 0 spiro atoms. The molecule has 1 rings (SSSR count). The Morgan fingerprint density at radius 2 is 1.74 bits per heavy atom. The van der Waals surface area contributed by atoms with Crippen LogP contribution in [0.3, 0.4) is 0 Å². The summed E-state index contributed by atoms with van der Waals surface area (Å²) in [5, 5.41) is 8.33. The lowest BCUT2D eigenvalue weighted by atomic mass is 10.1. The number of hydrogen-bond acceptors (Lipinski definition) is 3. The first-order chi connectivity index (χ1) is 8.93. The van der Waals surface area contributed by atoms with E-state index >= 15 is 0 Å². The molecule has 0 saturated carbocycles. The number of nitrogens with one attached hydrogen (secondary N) is 3. The van der Waals surface area contributed by atoms with E-state index in [0.717, 1.165) is 5.56 Å². The molecule has 1 aromatic carbocycles. The molecule has 0 unspecified atom stereocenters. The Balaban J connectivity index is 2.56. The number of halogens is 1. The van der Waals surface area contributed by atoms with Crippen molar-refractivity contribution in [3.05, 3.63) is 34.9 Å². The van der Waals surface area contributed by atoms with Gasteiger partial charge in [-0.3, -0.25) is 15.4 Å². The molecule has 0 radical (unpaired) electrons. The molecular formula is C13H18ClN3O2. The van der Waals surface area contributed by atoms with Crippen LogP contribution in [-0.4, -0.2) is 25.0 Å². The van der Waals surface area contributed by atoms with Gasteiger partial charge in [0, 0.05) is 18.1 Å². The van der Waals surface area contributed by atoms with Gasteiger partial charge >= 0.3 is 6.03 Å². The van der Waals surface area contributed by atoms with Crippen molar-refractivity contribution >= 4 is 23.5 Å². The van der Waals surface area contributed by atoms with E-state index in [1.807, 2.05) is 19.1 Å². The summed E-state index contributed by atoms with van der Waals surface area (Å²) < 4.78 is 0. The van der Waals surface area contributed by atoms with Crippen LogP contribution < -0.4 is 16.0 Å². The number of hydrogen-bond donors (Lipinski definition) is 3.